The van der Waals surface area contributed by atoms with Gasteiger partial charge in [-0.2, -0.15) is 10.5 Å². The van der Waals surface area contributed by atoms with Crippen LogP contribution in [-0.4, -0.2) is 19.9 Å². The highest BCUT2D eigenvalue weighted by atomic mass is 14.9. The second-order valence-electron chi connectivity index (χ2n) is 11.4. The van der Waals surface area contributed by atoms with E-state index in [1.165, 1.54) is 116 Å². The summed E-state index contributed by atoms with van der Waals surface area (Å²) in [4.78, 5) is 15.2. The van der Waals surface area contributed by atoms with Gasteiger partial charge >= 0.3 is 0 Å². The molecule has 0 radical (unpaired) electrons. The number of aryl methyl sites for hydroxylation is 2. The lowest BCUT2D eigenvalue weighted by molar-refractivity contribution is 0.562. The van der Waals surface area contributed by atoms with E-state index in [2.05, 4.69) is 45.9 Å². The summed E-state index contributed by atoms with van der Waals surface area (Å²) < 4.78 is 0. The van der Waals surface area contributed by atoms with Crippen molar-refractivity contribution in [2.45, 2.75) is 168 Å². The van der Waals surface area contributed by atoms with Gasteiger partial charge in [0.25, 0.3) is 0 Å². The van der Waals surface area contributed by atoms with Crippen LogP contribution in [0.1, 0.15) is 178 Å². The van der Waals surface area contributed by atoms with Gasteiger partial charge in [0.15, 0.2) is 0 Å². The second kappa shape index (κ2) is 24.2. The van der Waals surface area contributed by atoms with Gasteiger partial charge in [0.2, 0.25) is 0 Å². The Hall–Kier alpha value is -2.60. The van der Waals surface area contributed by atoms with Gasteiger partial charge in [0.05, 0.1) is 35.4 Å². The molecule has 224 valence electrons. The molecule has 0 saturated heterocycles. The molecule has 0 aliphatic heterocycles. The van der Waals surface area contributed by atoms with Crippen LogP contribution < -0.4 is 0 Å². The van der Waals surface area contributed by atoms with Crippen LogP contribution in [0.25, 0.3) is 0 Å². The van der Waals surface area contributed by atoms with Gasteiger partial charge in [-0.15, -0.1) is 0 Å². The highest BCUT2D eigenvalue weighted by Gasteiger charge is 2.08. The minimum atomic E-state index is -0.0839. The van der Waals surface area contributed by atoms with Gasteiger partial charge in [-0.1, -0.05) is 117 Å². The van der Waals surface area contributed by atoms with E-state index in [0.717, 1.165) is 35.9 Å². The Kier molecular flexibility index (Phi) is 21.4. The zero-order valence-corrected chi connectivity index (χ0v) is 26.2. The third-order valence-electron chi connectivity index (χ3n) is 7.65. The maximum atomic E-state index is 8.85. The van der Waals surface area contributed by atoms with E-state index in [9.17, 15) is 0 Å². The van der Waals surface area contributed by atoms with Crippen LogP contribution in [-0.2, 0) is 12.8 Å². The smallest absolute Gasteiger partial charge is 0.106 e. The Labute approximate surface area is 245 Å². The van der Waals surface area contributed by atoms with E-state index in [0.29, 0.717) is 0 Å². The van der Waals surface area contributed by atoms with Gasteiger partial charge in [0.1, 0.15) is 11.6 Å². The van der Waals surface area contributed by atoms with Crippen molar-refractivity contribution in [3.8, 4) is 12.1 Å². The molecule has 0 bridgehead atoms. The molecule has 0 fully saturated rings. The number of hydrogen-bond acceptors (Lipinski definition) is 4. The summed E-state index contributed by atoms with van der Waals surface area (Å²) >= 11 is 0. The first-order valence-corrected chi connectivity index (χ1v) is 16.4. The number of unbranched alkanes of at least 4 members (excludes halogenated alkanes) is 16. The Balaban J connectivity index is 0.000000400. The van der Waals surface area contributed by atoms with E-state index in [-0.39, 0.29) is 11.8 Å². The van der Waals surface area contributed by atoms with Crippen molar-refractivity contribution in [2.75, 3.05) is 0 Å². The second-order valence-corrected chi connectivity index (χ2v) is 11.4. The Morgan fingerprint density at radius 1 is 0.550 bits per heavy atom. The van der Waals surface area contributed by atoms with Crippen LogP contribution in [0.2, 0.25) is 0 Å². The monoisotopic (exact) mass is 550 g/mol. The lowest BCUT2D eigenvalue weighted by Gasteiger charge is -2.01. The number of aromatic nitrogens is 4. The molecule has 2 aromatic heterocycles. The number of imidazole rings is 2. The first kappa shape index (κ1) is 35.4. The lowest BCUT2D eigenvalue weighted by atomic mass is 10.1. The molecule has 0 aromatic carbocycles. The average molecular weight is 551 g/mol. The predicted octanol–water partition coefficient (Wildman–Crippen LogP) is 10.2. The quantitative estimate of drug-likeness (QED) is 0.142. The molecule has 6 heteroatoms. The Morgan fingerprint density at radius 2 is 0.850 bits per heavy atom. The summed E-state index contributed by atoms with van der Waals surface area (Å²) in [6.45, 7) is 8.32. The van der Waals surface area contributed by atoms with E-state index < -0.39 is 0 Å². The molecule has 0 amide bonds. The van der Waals surface area contributed by atoms with E-state index in [1.807, 2.05) is 13.8 Å². The van der Waals surface area contributed by atoms with Gasteiger partial charge in [-0.3, -0.25) is 0 Å². The van der Waals surface area contributed by atoms with Crippen LogP contribution in [0.15, 0.2) is 12.4 Å². The first-order valence-electron chi connectivity index (χ1n) is 16.4. The lowest BCUT2D eigenvalue weighted by Crippen LogP contribution is -1.92. The first-order chi connectivity index (χ1) is 19.5. The zero-order valence-electron chi connectivity index (χ0n) is 26.2. The number of hydrogen-bond donors (Lipinski definition) is 2. The summed E-state index contributed by atoms with van der Waals surface area (Å²) in [5, 5.41) is 17.7. The van der Waals surface area contributed by atoms with Gasteiger partial charge in [-0.05, 0) is 26.7 Å². The number of aromatic amines is 2. The largest absolute Gasteiger partial charge is 0.345 e. The van der Waals surface area contributed by atoms with Crippen LogP contribution in [0.3, 0.4) is 0 Å². The standard InChI is InChI=1S/2C17H29N3/c2*1-3-4-5-6-7-8-9-10-11-12-17-19-14-16(20-17)15(2)13-18/h2*14-15H,3-12H2,1-2H3,(H,19,20). The zero-order chi connectivity index (χ0) is 29.3. The third kappa shape index (κ3) is 17.2. The predicted molar refractivity (Wildman–Crippen MR) is 167 cm³/mol. The highest BCUT2D eigenvalue weighted by Crippen LogP contribution is 2.15. The normalized spacial score (nSPS) is 12.2. The van der Waals surface area contributed by atoms with Gasteiger partial charge in [-0.25, -0.2) is 9.97 Å². The van der Waals surface area contributed by atoms with Crippen LogP contribution in [0.5, 0.6) is 0 Å². The molecule has 2 N–H and O–H groups in total. The fourth-order valence-electron chi connectivity index (χ4n) is 4.80. The average Bonchev–Trinajstić information content (AvgIpc) is 3.65. The van der Waals surface area contributed by atoms with Crippen molar-refractivity contribution < 1.29 is 0 Å². The minimum absolute atomic E-state index is 0.0839. The molecule has 40 heavy (non-hydrogen) atoms. The summed E-state index contributed by atoms with van der Waals surface area (Å²) in [7, 11) is 0. The van der Waals surface area contributed by atoms with Gasteiger partial charge < -0.3 is 9.97 Å². The van der Waals surface area contributed by atoms with E-state index in [4.69, 9.17) is 10.5 Å². The number of nitriles is 2. The van der Waals surface area contributed by atoms with Crippen molar-refractivity contribution >= 4 is 0 Å². The fourth-order valence-corrected chi connectivity index (χ4v) is 4.80. The topological polar surface area (TPSA) is 105 Å². The molecule has 6 nitrogen and oxygen atoms in total. The number of nitrogens with one attached hydrogen (secondary N) is 2. The molecule has 2 unspecified atom stereocenters. The highest BCUT2D eigenvalue weighted by molar-refractivity contribution is 5.14. The van der Waals surface area contributed by atoms with E-state index in [1.54, 1.807) is 12.4 Å². The molecule has 0 saturated carbocycles. The van der Waals surface area contributed by atoms with Crippen molar-refractivity contribution in [3.05, 3.63) is 35.4 Å². The molecule has 0 aliphatic carbocycles. The maximum absolute atomic E-state index is 8.85. The van der Waals surface area contributed by atoms with E-state index >= 15 is 0 Å². The van der Waals surface area contributed by atoms with Crippen LogP contribution in [0.4, 0.5) is 0 Å². The van der Waals surface area contributed by atoms with Crippen molar-refractivity contribution in [1.29, 1.82) is 10.5 Å². The summed E-state index contributed by atoms with van der Waals surface area (Å²) in [6, 6.07) is 4.46. The number of nitrogens with zero attached hydrogens (tertiary/aromatic N) is 4. The summed E-state index contributed by atoms with van der Waals surface area (Å²) in [6.07, 6.45) is 29.9. The molecule has 2 aromatic rings. The molecule has 2 atom stereocenters. The van der Waals surface area contributed by atoms with Crippen LogP contribution in [0, 0.1) is 22.7 Å². The Bertz CT molecular complexity index is 855. The molecule has 2 heterocycles. The number of H-pyrrole nitrogens is 2. The van der Waals surface area contributed by atoms with Crippen molar-refractivity contribution in [1.82, 2.24) is 19.9 Å². The summed E-state index contributed by atoms with van der Waals surface area (Å²) in [5.74, 6) is 1.90. The van der Waals surface area contributed by atoms with Crippen molar-refractivity contribution in [2.24, 2.45) is 0 Å². The molecule has 0 aliphatic rings. The maximum Gasteiger partial charge on any atom is 0.106 e. The summed E-state index contributed by atoms with van der Waals surface area (Å²) in [5.41, 5.74) is 1.89. The third-order valence-corrected chi connectivity index (χ3v) is 7.65. The number of rotatable bonds is 22. The van der Waals surface area contributed by atoms with Crippen molar-refractivity contribution in [3.63, 3.8) is 0 Å². The van der Waals surface area contributed by atoms with Gasteiger partial charge in [0, 0.05) is 25.2 Å². The minimum Gasteiger partial charge on any atom is -0.345 e. The SMILES string of the molecule is CCCCCCCCCCCc1ncc(C(C)C#N)[nH]1.CCCCCCCCCCCc1ncc(C(C)C#N)[nH]1. The Morgan fingerprint density at radius 3 is 1.15 bits per heavy atom. The van der Waals surface area contributed by atoms with Crippen LogP contribution >= 0.6 is 0 Å². The fraction of sp³-hybridized carbons (Fsp3) is 0.765. The molecule has 2 rings (SSSR count). The molecular formula is C34H58N6. The molecule has 0 spiro atoms. The molecular weight excluding hydrogens is 492 g/mol.